The molecule has 2 unspecified atom stereocenters. The molecule has 35 heavy (non-hydrogen) atoms. The number of carboxylic acid groups (broad SMARTS) is 1. The zero-order valence-electron chi connectivity index (χ0n) is 20.9. The number of fused-ring (bicyclic) bond motifs is 1. The average Bonchev–Trinajstić information content (AvgIpc) is 3.43. The van der Waals surface area contributed by atoms with E-state index in [1.54, 1.807) is 15.9 Å². The second kappa shape index (κ2) is 9.62. The molecule has 3 saturated heterocycles. The number of hydrogen-bond donors (Lipinski definition) is 2. The summed E-state index contributed by atoms with van der Waals surface area (Å²) in [5.74, 6) is -2.88. The molecule has 2 amide bonds. The van der Waals surface area contributed by atoms with E-state index in [0.29, 0.717) is 19.3 Å². The maximum atomic E-state index is 14.5. The van der Waals surface area contributed by atoms with Gasteiger partial charge >= 0.3 is 5.97 Å². The minimum absolute atomic E-state index is 0.176. The Kier molecular flexibility index (Phi) is 7.08. The molecule has 3 heterocycles. The van der Waals surface area contributed by atoms with Gasteiger partial charge in [-0.2, -0.15) is 0 Å². The van der Waals surface area contributed by atoms with Gasteiger partial charge in [0.1, 0.15) is 6.04 Å². The van der Waals surface area contributed by atoms with Crippen LogP contribution < -0.4 is 4.90 Å². The molecule has 2 bridgehead atoms. The summed E-state index contributed by atoms with van der Waals surface area (Å²) in [5.41, 5.74) is 2.68. The third-order valence-corrected chi connectivity index (χ3v) is 9.84. The minimum Gasteiger partial charge on any atom is -0.481 e. The van der Waals surface area contributed by atoms with Crippen molar-refractivity contribution in [1.82, 2.24) is 4.90 Å². The Bertz CT molecular complexity index is 1020. The van der Waals surface area contributed by atoms with Gasteiger partial charge in [0.25, 0.3) is 5.91 Å². The van der Waals surface area contributed by atoms with E-state index in [1.807, 2.05) is 45.9 Å². The Labute approximate surface area is 211 Å². The predicted octanol–water partition coefficient (Wildman–Crippen LogP) is 3.41. The molecular formula is C27H36N2O5S. The van der Waals surface area contributed by atoms with Crippen molar-refractivity contribution in [3.8, 4) is 0 Å². The first-order valence-corrected chi connectivity index (χ1v) is 13.3. The molecule has 0 aromatic heterocycles. The number of benzene rings is 1. The van der Waals surface area contributed by atoms with E-state index in [9.17, 15) is 24.6 Å². The number of nitrogens with zero attached hydrogens (tertiary/aromatic N) is 2. The summed E-state index contributed by atoms with van der Waals surface area (Å²) in [7, 11) is 0. The Hall–Kier alpha value is -2.32. The van der Waals surface area contributed by atoms with Crippen LogP contribution in [0.2, 0.25) is 0 Å². The minimum atomic E-state index is -0.974. The second-order valence-electron chi connectivity index (χ2n) is 10.6. The zero-order chi connectivity index (χ0) is 25.7. The molecule has 4 rings (SSSR count). The third-order valence-electron chi connectivity index (χ3n) is 7.89. The summed E-state index contributed by atoms with van der Waals surface area (Å²) in [6.07, 6.45) is 3.49. The Balaban J connectivity index is 1.87. The van der Waals surface area contributed by atoms with Crippen molar-refractivity contribution >= 4 is 35.2 Å². The fraction of sp³-hybridized carbons (Fsp3) is 0.593. The van der Waals surface area contributed by atoms with Crippen LogP contribution in [0.1, 0.15) is 44.2 Å². The lowest BCUT2D eigenvalue weighted by Gasteiger charge is -2.40. The van der Waals surface area contributed by atoms with Crippen LogP contribution in [0.4, 0.5) is 5.69 Å². The molecule has 1 aromatic rings. The maximum absolute atomic E-state index is 14.5. The zero-order valence-corrected chi connectivity index (χ0v) is 21.8. The highest BCUT2D eigenvalue weighted by Gasteiger charge is 2.74. The number of aliphatic carboxylic acids is 1. The monoisotopic (exact) mass is 500 g/mol. The van der Waals surface area contributed by atoms with Gasteiger partial charge in [0.2, 0.25) is 5.91 Å². The van der Waals surface area contributed by atoms with Gasteiger partial charge in [-0.15, -0.1) is 18.3 Å². The summed E-state index contributed by atoms with van der Waals surface area (Å²) < 4.78 is -0.803. The largest absolute Gasteiger partial charge is 0.481 e. The number of rotatable bonds is 9. The average molecular weight is 501 g/mol. The number of aliphatic hydroxyl groups is 1. The van der Waals surface area contributed by atoms with Crippen molar-refractivity contribution in [2.45, 2.75) is 69.0 Å². The molecular weight excluding hydrogens is 464 g/mol. The first kappa shape index (κ1) is 25.8. The fourth-order valence-electron chi connectivity index (χ4n) is 6.67. The van der Waals surface area contributed by atoms with E-state index < -0.39 is 34.6 Å². The molecule has 3 aliphatic heterocycles. The lowest BCUT2D eigenvalue weighted by atomic mass is 9.71. The fourth-order valence-corrected chi connectivity index (χ4v) is 8.86. The van der Waals surface area contributed by atoms with Gasteiger partial charge in [-0.1, -0.05) is 38.1 Å². The van der Waals surface area contributed by atoms with E-state index in [0.717, 1.165) is 16.8 Å². The number of para-hydroxylation sites is 1. The molecule has 1 aromatic carbocycles. The SMILES string of the molecule is C=CCN(C(=O)C1N([C@@H](CO)CC(C)C)C(=O)[C@@H]2[C@@H](C(=O)O)[C@H]3CCC12S3)c1c(C)cccc1C. The number of aliphatic hydroxyl groups excluding tert-OH is 1. The van der Waals surface area contributed by atoms with Gasteiger partial charge in [-0.3, -0.25) is 14.4 Å². The van der Waals surface area contributed by atoms with Gasteiger partial charge in [0.05, 0.1) is 29.2 Å². The van der Waals surface area contributed by atoms with Crippen LogP contribution in [0.15, 0.2) is 30.9 Å². The van der Waals surface area contributed by atoms with E-state index in [-0.39, 0.29) is 36.1 Å². The van der Waals surface area contributed by atoms with Crippen molar-refractivity contribution in [3.05, 3.63) is 42.0 Å². The first-order valence-electron chi connectivity index (χ1n) is 12.4. The molecule has 6 atom stereocenters. The van der Waals surface area contributed by atoms with Crippen molar-refractivity contribution in [2.75, 3.05) is 18.1 Å². The lowest BCUT2D eigenvalue weighted by molar-refractivity contribution is -0.149. The van der Waals surface area contributed by atoms with Gasteiger partial charge in [0, 0.05) is 17.5 Å². The normalized spacial score (nSPS) is 30.0. The van der Waals surface area contributed by atoms with Crippen LogP contribution in [-0.4, -0.2) is 68.1 Å². The maximum Gasteiger partial charge on any atom is 0.308 e. The number of anilines is 1. The highest BCUT2D eigenvalue weighted by Crippen LogP contribution is 2.67. The second-order valence-corrected chi connectivity index (χ2v) is 12.2. The number of carbonyl (C=O) groups is 3. The van der Waals surface area contributed by atoms with Gasteiger partial charge in [-0.05, 0) is 50.2 Å². The van der Waals surface area contributed by atoms with Crippen molar-refractivity contribution in [1.29, 1.82) is 0 Å². The molecule has 7 nitrogen and oxygen atoms in total. The molecule has 3 aliphatic rings. The highest BCUT2D eigenvalue weighted by atomic mass is 32.2. The van der Waals surface area contributed by atoms with Crippen LogP contribution >= 0.6 is 11.8 Å². The van der Waals surface area contributed by atoms with Gasteiger partial charge in [0.15, 0.2) is 0 Å². The quantitative estimate of drug-likeness (QED) is 0.505. The number of likely N-dealkylation sites (tertiary alicyclic amines) is 1. The van der Waals surface area contributed by atoms with Crippen LogP contribution in [0.25, 0.3) is 0 Å². The van der Waals surface area contributed by atoms with Crippen LogP contribution in [0, 0.1) is 31.6 Å². The number of amides is 2. The summed E-state index contributed by atoms with van der Waals surface area (Å²) >= 11 is 1.52. The van der Waals surface area contributed by atoms with Crippen molar-refractivity contribution in [2.24, 2.45) is 17.8 Å². The van der Waals surface area contributed by atoms with E-state index in [1.165, 1.54) is 11.8 Å². The topological polar surface area (TPSA) is 98.2 Å². The van der Waals surface area contributed by atoms with Crippen molar-refractivity contribution < 1.29 is 24.6 Å². The third kappa shape index (κ3) is 3.99. The molecule has 8 heteroatoms. The van der Waals surface area contributed by atoms with E-state index >= 15 is 0 Å². The summed E-state index contributed by atoms with van der Waals surface area (Å²) in [5, 5.41) is 20.2. The lowest BCUT2D eigenvalue weighted by Crippen LogP contribution is -2.58. The molecule has 0 aliphatic carbocycles. The molecule has 190 valence electrons. The summed E-state index contributed by atoms with van der Waals surface area (Å²) in [6, 6.07) is 4.47. The Morgan fingerprint density at radius 2 is 1.97 bits per heavy atom. The number of carboxylic acids is 1. The predicted molar refractivity (Wildman–Crippen MR) is 137 cm³/mol. The standard InChI is InChI=1S/C27H36N2O5S/c1-6-12-28(22-16(4)8-7-9-17(22)5)25(32)23-27-11-10-19(35-27)20(26(33)34)21(27)24(31)29(23)18(14-30)13-15(2)3/h6-9,15,18-21,23,30H,1,10-14H2,2-5H3,(H,33,34)/t18-,19-,20+,21+,23?,27?/m1/s1. The van der Waals surface area contributed by atoms with E-state index in [4.69, 9.17) is 0 Å². The number of thioether (sulfide) groups is 1. The van der Waals surface area contributed by atoms with Crippen LogP contribution in [0.5, 0.6) is 0 Å². The molecule has 0 radical (unpaired) electrons. The molecule has 3 fully saturated rings. The summed E-state index contributed by atoms with van der Waals surface area (Å²) in [4.78, 5) is 44.1. The van der Waals surface area contributed by atoms with Gasteiger partial charge in [-0.25, -0.2) is 0 Å². The number of aryl methyl sites for hydroxylation is 2. The number of carbonyl (C=O) groups excluding carboxylic acids is 2. The van der Waals surface area contributed by atoms with Gasteiger partial charge < -0.3 is 20.0 Å². The van der Waals surface area contributed by atoms with Crippen LogP contribution in [-0.2, 0) is 14.4 Å². The first-order chi connectivity index (χ1) is 16.6. The Morgan fingerprint density at radius 3 is 2.51 bits per heavy atom. The number of hydrogen-bond acceptors (Lipinski definition) is 5. The highest BCUT2D eigenvalue weighted by molar-refractivity contribution is 8.02. The smallest absolute Gasteiger partial charge is 0.308 e. The van der Waals surface area contributed by atoms with E-state index in [2.05, 4.69) is 6.58 Å². The molecule has 1 spiro atoms. The van der Waals surface area contributed by atoms with Crippen molar-refractivity contribution in [3.63, 3.8) is 0 Å². The van der Waals surface area contributed by atoms with Crippen LogP contribution in [0.3, 0.4) is 0 Å². The Morgan fingerprint density at radius 1 is 1.31 bits per heavy atom. The molecule has 0 saturated carbocycles. The summed E-state index contributed by atoms with van der Waals surface area (Å²) in [6.45, 7) is 11.8. The molecule has 2 N–H and O–H groups in total.